The van der Waals surface area contributed by atoms with Crippen molar-refractivity contribution in [1.82, 2.24) is 19.7 Å². The lowest BCUT2D eigenvalue weighted by molar-refractivity contribution is -0.142. The number of aromatic nitrogens is 3. The maximum absolute atomic E-state index is 10.7. The molecule has 1 aliphatic rings. The minimum atomic E-state index is -0.821. The predicted octanol–water partition coefficient (Wildman–Crippen LogP) is -0.0265. The van der Waals surface area contributed by atoms with Crippen LogP contribution >= 0.6 is 0 Å². The number of morpholine rings is 1. The van der Waals surface area contributed by atoms with Crippen LogP contribution in [0.5, 0.6) is 0 Å². The maximum atomic E-state index is 10.7. The van der Waals surface area contributed by atoms with Gasteiger partial charge in [-0.25, -0.2) is 9.67 Å². The Hall–Kier alpha value is -1.47. The normalized spacial score (nSPS) is 21.1. The first-order valence-electron chi connectivity index (χ1n) is 6.11. The molecule has 1 atom stereocenters. The molecule has 7 nitrogen and oxygen atoms in total. The molecule has 0 spiro atoms. The number of carboxylic acids is 1. The van der Waals surface area contributed by atoms with Crippen LogP contribution in [-0.4, -0.2) is 56.5 Å². The highest BCUT2D eigenvalue weighted by molar-refractivity contribution is 5.67. The molecule has 1 N–H and O–H groups in total. The van der Waals surface area contributed by atoms with Crippen molar-refractivity contribution in [3.8, 4) is 0 Å². The third-order valence-electron chi connectivity index (χ3n) is 2.99. The van der Waals surface area contributed by atoms with E-state index in [1.165, 1.54) is 0 Å². The van der Waals surface area contributed by atoms with Gasteiger partial charge in [0, 0.05) is 19.6 Å². The molecule has 2 rings (SSSR count). The van der Waals surface area contributed by atoms with E-state index in [-0.39, 0.29) is 12.5 Å². The van der Waals surface area contributed by atoms with Gasteiger partial charge < -0.3 is 9.84 Å². The van der Waals surface area contributed by atoms with E-state index in [2.05, 4.69) is 15.0 Å². The average molecular weight is 254 g/mol. The van der Waals surface area contributed by atoms with E-state index in [0.717, 1.165) is 18.9 Å². The van der Waals surface area contributed by atoms with Crippen molar-refractivity contribution in [3.05, 3.63) is 12.2 Å². The standard InChI is InChI=1S/C11H18N4O3/c1-2-15-10(12-8-13-15)7-14-3-4-18-9(6-14)5-11(16)17/h8-9H,2-7H2,1H3,(H,16,17). The molecule has 0 amide bonds. The van der Waals surface area contributed by atoms with Gasteiger partial charge in [0.15, 0.2) is 0 Å². The van der Waals surface area contributed by atoms with Crippen LogP contribution in [0.1, 0.15) is 19.2 Å². The van der Waals surface area contributed by atoms with Gasteiger partial charge in [-0.3, -0.25) is 9.69 Å². The molecule has 1 fully saturated rings. The molecule has 1 aromatic heterocycles. The summed E-state index contributed by atoms with van der Waals surface area (Å²) in [6.07, 6.45) is 1.37. The molecule has 18 heavy (non-hydrogen) atoms. The van der Waals surface area contributed by atoms with Crippen molar-refractivity contribution in [2.24, 2.45) is 0 Å². The van der Waals surface area contributed by atoms with E-state index in [9.17, 15) is 4.79 Å². The van der Waals surface area contributed by atoms with Gasteiger partial charge in [0.2, 0.25) is 0 Å². The summed E-state index contributed by atoms with van der Waals surface area (Å²) < 4.78 is 7.28. The van der Waals surface area contributed by atoms with Crippen LogP contribution in [0.2, 0.25) is 0 Å². The fourth-order valence-corrected chi connectivity index (χ4v) is 2.12. The molecule has 100 valence electrons. The second-order valence-electron chi connectivity index (χ2n) is 4.32. The number of hydrogen-bond acceptors (Lipinski definition) is 5. The largest absolute Gasteiger partial charge is 0.481 e. The Morgan fingerprint density at radius 1 is 1.67 bits per heavy atom. The monoisotopic (exact) mass is 254 g/mol. The minimum absolute atomic E-state index is 0.0525. The lowest BCUT2D eigenvalue weighted by atomic mass is 10.2. The van der Waals surface area contributed by atoms with Crippen LogP contribution in [-0.2, 0) is 22.6 Å². The highest BCUT2D eigenvalue weighted by Crippen LogP contribution is 2.11. The smallest absolute Gasteiger partial charge is 0.306 e. The van der Waals surface area contributed by atoms with Gasteiger partial charge in [-0.15, -0.1) is 0 Å². The van der Waals surface area contributed by atoms with Gasteiger partial charge in [0.1, 0.15) is 12.2 Å². The number of rotatable bonds is 5. The molecular weight excluding hydrogens is 236 g/mol. The van der Waals surface area contributed by atoms with Crippen LogP contribution < -0.4 is 0 Å². The first kappa shape index (κ1) is 13.0. The summed E-state index contributed by atoms with van der Waals surface area (Å²) in [5.41, 5.74) is 0. The molecule has 0 saturated carbocycles. The molecule has 0 aromatic carbocycles. The van der Waals surface area contributed by atoms with E-state index < -0.39 is 5.97 Å². The van der Waals surface area contributed by atoms with Gasteiger partial charge in [-0.1, -0.05) is 0 Å². The number of carbonyl (C=O) groups is 1. The molecule has 1 aromatic rings. The van der Waals surface area contributed by atoms with Crippen molar-refractivity contribution in [2.45, 2.75) is 32.5 Å². The number of carboxylic acid groups (broad SMARTS) is 1. The van der Waals surface area contributed by atoms with Gasteiger partial charge >= 0.3 is 5.97 Å². The zero-order chi connectivity index (χ0) is 13.0. The zero-order valence-corrected chi connectivity index (χ0v) is 10.4. The van der Waals surface area contributed by atoms with Crippen LogP contribution in [0.4, 0.5) is 0 Å². The topological polar surface area (TPSA) is 80.5 Å². The van der Waals surface area contributed by atoms with Crippen molar-refractivity contribution in [3.63, 3.8) is 0 Å². The van der Waals surface area contributed by atoms with Crippen LogP contribution in [0.3, 0.4) is 0 Å². The Kier molecular flexibility index (Phi) is 4.27. The zero-order valence-electron chi connectivity index (χ0n) is 10.4. The molecule has 1 aliphatic heterocycles. The van der Waals surface area contributed by atoms with E-state index in [0.29, 0.717) is 19.7 Å². The number of hydrogen-bond donors (Lipinski definition) is 1. The minimum Gasteiger partial charge on any atom is -0.481 e. The average Bonchev–Trinajstić information content (AvgIpc) is 2.76. The van der Waals surface area contributed by atoms with Crippen molar-refractivity contribution in [2.75, 3.05) is 19.7 Å². The molecule has 1 saturated heterocycles. The van der Waals surface area contributed by atoms with E-state index in [1.807, 2.05) is 11.6 Å². The summed E-state index contributed by atoms with van der Waals surface area (Å²) in [6.45, 7) is 5.49. The lowest BCUT2D eigenvalue weighted by Gasteiger charge is -2.31. The van der Waals surface area contributed by atoms with E-state index in [1.54, 1.807) is 6.33 Å². The summed E-state index contributed by atoms with van der Waals surface area (Å²) >= 11 is 0. The molecular formula is C11H18N4O3. The number of aryl methyl sites for hydroxylation is 1. The Balaban J connectivity index is 1.91. The summed E-state index contributed by atoms with van der Waals surface area (Å²) in [5.74, 6) is 0.0899. The number of aliphatic carboxylic acids is 1. The molecule has 1 unspecified atom stereocenters. The Bertz CT molecular complexity index is 407. The van der Waals surface area contributed by atoms with Crippen LogP contribution in [0.25, 0.3) is 0 Å². The Morgan fingerprint density at radius 3 is 3.22 bits per heavy atom. The van der Waals surface area contributed by atoms with Gasteiger partial charge in [-0.05, 0) is 6.92 Å². The Labute approximate surface area is 105 Å². The van der Waals surface area contributed by atoms with Crippen molar-refractivity contribution < 1.29 is 14.6 Å². The summed E-state index contributed by atoms with van der Waals surface area (Å²) in [4.78, 5) is 17.0. The fraction of sp³-hybridized carbons (Fsp3) is 0.727. The quantitative estimate of drug-likeness (QED) is 0.795. The van der Waals surface area contributed by atoms with Gasteiger partial charge in [0.25, 0.3) is 0 Å². The SMILES string of the molecule is CCn1ncnc1CN1CCOC(CC(=O)O)C1. The first-order valence-corrected chi connectivity index (χ1v) is 6.11. The Morgan fingerprint density at radius 2 is 2.50 bits per heavy atom. The number of ether oxygens (including phenoxy) is 1. The third kappa shape index (κ3) is 3.27. The highest BCUT2D eigenvalue weighted by atomic mass is 16.5. The second kappa shape index (κ2) is 5.92. The first-order chi connectivity index (χ1) is 8.69. The van der Waals surface area contributed by atoms with E-state index in [4.69, 9.17) is 9.84 Å². The molecule has 2 heterocycles. The molecule has 0 radical (unpaired) electrons. The van der Waals surface area contributed by atoms with Crippen LogP contribution in [0.15, 0.2) is 6.33 Å². The molecule has 0 aliphatic carbocycles. The predicted molar refractivity (Wildman–Crippen MR) is 63.0 cm³/mol. The summed E-state index contributed by atoms with van der Waals surface area (Å²) in [5, 5.41) is 12.9. The fourth-order valence-electron chi connectivity index (χ4n) is 2.12. The summed E-state index contributed by atoms with van der Waals surface area (Å²) in [7, 11) is 0. The summed E-state index contributed by atoms with van der Waals surface area (Å²) in [6, 6.07) is 0. The number of nitrogens with zero attached hydrogens (tertiary/aromatic N) is 4. The highest BCUT2D eigenvalue weighted by Gasteiger charge is 2.23. The lowest BCUT2D eigenvalue weighted by Crippen LogP contribution is -2.43. The second-order valence-corrected chi connectivity index (χ2v) is 4.32. The van der Waals surface area contributed by atoms with Crippen LogP contribution in [0, 0.1) is 0 Å². The van der Waals surface area contributed by atoms with Crippen molar-refractivity contribution >= 4 is 5.97 Å². The van der Waals surface area contributed by atoms with Gasteiger partial charge in [-0.2, -0.15) is 5.10 Å². The molecule has 7 heteroatoms. The molecule has 0 bridgehead atoms. The third-order valence-corrected chi connectivity index (χ3v) is 2.99. The maximum Gasteiger partial charge on any atom is 0.306 e. The van der Waals surface area contributed by atoms with Gasteiger partial charge in [0.05, 0.1) is 25.7 Å². The van der Waals surface area contributed by atoms with E-state index >= 15 is 0 Å². The van der Waals surface area contributed by atoms with Crippen molar-refractivity contribution in [1.29, 1.82) is 0 Å².